The highest BCUT2D eigenvalue weighted by molar-refractivity contribution is 14.1. The summed E-state index contributed by atoms with van der Waals surface area (Å²) < 4.78 is 28.4. The van der Waals surface area contributed by atoms with Crippen LogP contribution in [-0.4, -0.2) is 13.4 Å². The Labute approximate surface area is 140 Å². The molecule has 0 aliphatic rings. The molecule has 3 rings (SSSR count). The van der Waals surface area contributed by atoms with Gasteiger partial charge in [-0.2, -0.15) is 0 Å². The van der Waals surface area contributed by atoms with Gasteiger partial charge in [-0.25, -0.2) is 13.1 Å². The summed E-state index contributed by atoms with van der Waals surface area (Å²) in [5.74, 6) is 0. The summed E-state index contributed by atoms with van der Waals surface area (Å²) in [6, 6.07) is 12.9. The number of rotatable bonds is 4. The number of sulfonamides is 1. The van der Waals surface area contributed by atoms with Crippen molar-refractivity contribution >= 4 is 54.9 Å². The molecule has 0 unspecified atom stereocenters. The third kappa shape index (κ3) is 3.25. The van der Waals surface area contributed by atoms with Gasteiger partial charge in [0.05, 0.1) is 8.40 Å². The topological polar surface area (TPSA) is 59.1 Å². The van der Waals surface area contributed by atoms with Crippen LogP contribution in [0.25, 0.3) is 10.9 Å². The van der Waals surface area contributed by atoms with Crippen LogP contribution in [0.15, 0.2) is 52.9 Å². The molecule has 0 bridgehead atoms. The number of halogens is 1. The molecule has 0 fully saturated rings. The lowest BCUT2D eigenvalue weighted by molar-refractivity contribution is 0.583. The predicted molar refractivity (Wildman–Crippen MR) is 92.8 cm³/mol. The standard InChI is InChI=1S/C14H11IN2O2S2/c15-13-5-6-14(20-13)21(18,19)17-9-10-7-8-16-12-4-2-1-3-11(10)12/h1-8,17H,9H2. The molecule has 0 atom stereocenters. The molecule has 0 aliphatic heterocycles. The zero-order valence-electron chi connectivity index (χ0n) is 10.8. The summed E-state index contributed by atoms with van der Waals surface area (Å²) in [7, 11) is -3.46. The van der Waals surface area contributed by atoms with Gasteiger partial charge in [-0.15, -0.1) is 11.3 Å². The minimum Gasteiger partial charge on any atom is -0.256 e. The lowest BCUT2D eigenvalue weighted by Gasteiger charge is -2.07. The van der Waals surface area contributed by atoms with E-state index in [1.54, 1.807) is 18.3 Å². The molecule has 1 aromatic carbocycles. The summed E-state index contributed by atoms with van der Waals surface area (Å²) in [6.45, 7) is 0.250. The number of nitrogens with one attached hydrogen (secondary N) is 1. The van der Waals surface area contributed by atoms with E-state index in [0.717, 1.165) is 19.4 Å². The fourth-order valence-corrected chi connectivity index (χ4v) is 5.42. The van der Waals surface area contributed by atoms with Gasteiger partial charge < -0.3 is 0 Å². The average molecular weight is 430 g/mol. The van der Waals surface area contributed by atoms with Crippen molar-refractivity contribution in [3.05, 3.63) is 57.1 Å². The fraction of sp³-hybridized carbons (Fsp3) is 0.0714. The number of hydrogen-bond acceptors (Lipinski definition) is 4. The molecule has 0 saturated carbocycles. The molecule has 0 aliphatic carbocycles. The minimum atomic E-state index is -3.46. The predicted octanol–water partition coefficient (Wildman–Crippen LogP) is 3.38. The third-order valence-electron chi connectivity index (χ3n) is 3.01. The van der Waals surface area contributed by atoms with Crippen molar-refractivity contribution in [3.63, 3.8) is 0 Å². The number of benzene rings is 1. The molecular weight excluding hydrogens is 419 g/mol. The highest BCUT2D eigenvalue weighted by Gasteiger charge is 2.16. The van der Waals surface area contributed by atoms with Crippen molar-refractivity contribution in [2.45, 2.75) is 10.8 Å². The Kier molecular flexibility index (Phi) is 4.25. The number of thiophene rings is 1. The van der Waals surface area contributed by atoms with Crippen molar-refractivity contribution in [1.82, 2.24) is 9.71 Å². The Morgan fingerprint density at radius 3 is 2.71 bits per heavy atom. The first-order chi connectivity index (χ1) is 10.1. The Bertz CT molecular complexity index is 885. The van der Waals surface area contributed by atoms with Gasteiger partial charge in [0.15, 0.2) is 0 Å². The van der Waals surface area contributed by atoms with Gasteiger partial charge in [0.25, 0.3) is 0 Å². The highest BCUT2D eigenvalue weighted by atomic mass is 127. The molecule has 4 nitrogen and oxygen atoms in total. The smallest absolute Gasteiger partial charge is 0.250 e. The van der Waals surface area contributed by atoms with Crippen LogP contribution in [0.5, 0.6) is 0 Å². The number of fused-ring (bicyclic) bond motifs is 1. The van der Waals surface area contributed by atoms with E-state index in [2.05, 4.69) is 32.3 Å². The first-order valence-electron chi connectivity index (χ1n) is 6.14. The van der Waals surface area contributed by atoms with Crippen molar-refractivity contribution in [3.8, 4) is 0 Å². The van der Waals surface area contributed by atoms with Gasteiger partial charge in [-0.3, -0.25) is 4.98 Å². The lowest BCUT2D eigenvalue weighted by atomic mass is 10.1. The molecule has 3 aromatic rings. The van der Waals surface area contributed by atoms with E-state index >= 15 is 0 Å². The molecular formula is C14H11IN2O2S2. The molecule has 21 heavy (non-hydrogen) atoms. The molecule has 7 heteroatoms. The van der Waals surface area contributed by atoms with E-state index in [-0.39, 0.29) is 6.54 Å². The van der Waals surface area contributed by atoms with Crippen LogP contribution in [0.3, 0.4) is 0 Å². The SMILES string of the molecule is O=S(=O)(NCc1ccnc2ccccc12)c1ccc(I)s1. The molecule has 0 radical (unpaired) electrons. The van der Waals surface area contributed by atoms with E-state index in [1.165, 1.54) is 11.3 Å². The minimum absolute atomic E-state index is 0.250. The van der Waals surface area contributed by atoms with Crippen LogP contribution < -0.4 is 4.72 Å². The van der Waals surface area contributed by atoms with Crippen molar-refractivity contribution in [1.29, 1.82) is 0 Å². The van der Waals surface area contributed by atoms with E-state index in [4.69, 9.17) is 0 Å². The molecule has 0 spiro atoms. The molecule has 0 amide bonds. The maximum atomic E-state index is 12.2. The summed E-state index contributed by atoms with van der Waals surface area (Å²) >= 11 is 3.37. The number of nitrogens with zero attached hydrogens (tertiary/aromatic N) is 1. The van der Waals surface area contributed by atoms with Gasteiger partial charge in [0.1, 0.15) is 4.21 Å². The number of aromatic nitrogens is 1. The first-order valence-corrected chi connectivity index (χ1v) is 9.52. The van der Waals surface area contributed by atoms with E-state index in [0.29, 0.717) is 4.21 Å². The second-order valence-electron chi connectivity index (χ2n) is 4.37. The largest absolute Gasteiger partial charge is 0.256 e. The zero-order valence-corrected chi connectivity index (χ0v) is 14.6. The molecule has 2 heterocycles. The van der Waals surface area contributed by atoms with Crippen LogP contribution in [0.2, 0.25) is 0 Å². The first kappa shape index (κ1) is 14.9. The monoisotopic (exact) mass is 430 g/mol. The Balaban J connectivity index is 1.87. The number of pyridine rings is 1. The van der Waals surface area contributed by atoms with Crippen LogP contribution >= 0.6 is 33.9 Å². The Morgan fingerprint density at radius 2 is 1.95 bits per heavy atom. The summed E-state index contributed by atoms with van der Waals surface area (Å²) in [5.41, 5.74) is 1.77. The molecule has 0 saturated heterocycles. The van der Waals surface area contributed by atoms with Crippen LogP contribution in [-0.2, 0) is 16.6 Å². The molecule has 108 valence electrons. The van der Waals surface area contributed by atoms with E-state index < -0.39 is 10.0 Å². The Morgan fingerprint density at radius 1 is 1.14 bits per heavy atom. The van der Waals surface area contributed by atoms with Gasteiger partial charge in [-0.1, -0.05) is 18.2 Å². The second kappa shape index (κ2) is 5.99. The van der Waals surface area contributed by atoms with Crippen LogP contribution in [0.1, 0.15) is 5.56 Å². The molecule has 1 N–H and O–H groups in total. The van der Waals surface area contributed by atoms with Gasteiger partial charge in [-0.05, 0) is 52.4 Å². The summed E-state index contributed by atoms with van der Waals surface area (Å²) in [4.78, 5) is 4.27. The van der Waals surface area contributed by atoms with Gasteiger partial charge in [0, 0.05) is 18.1 Å². The average Bonchev–Trinajstić information content (AvgIpc) is 2.93. The Hall–Kier alpha value is -1.03. The normalized spacial score (nSPS) is 11.9. The van der Waals surface area contributed by atoms with Crippen molar-refractivity contribution < 1.29 is 8.42 Å². The van der Waals surface area contributed by atoms with Gasteiger partial charge in [0.2, 0.25) is 10.0 Å². The highest BCUT2D eigenvalue weighted by Crippen LogP contribution is 2.23. The molecule has 2 aromatic heterocycles. The van der Waals surface area contributed by atoms with E-state index in [9.17, 15) is 8.42 Å². The van der Waals surface area contributed by atoms with E-state index in [1.807, 2.05) is 30.3 Å². The van der Waals surface area contributed by atoms with Crippen molar-refractivity contribution in [2.75, 3.05) is 0 Å². The maximum absolute atomic E-state index is 12.2. The third-order valence-corrected chi connectivity index (χ3v) is 6.79. The zero-order chi connectivity index (χ0) is 14.9. The summed E-state index contributed by atoms with van der Waals surface area (Å²) in [5, 5.41) is 0.962. The van der Waals surface area contributed by atoms with Gasteiger partial charge >= 0.3 is 0 Å². The number of para-hydroxylation sites is 1. The number of hydrogen-bond donors (Lipinski definition) is 1. The lowest BCUT2D eigenvalue weighted by Crippen LogP contribution is -2.22. The second-order valence-corrected chi connectivity index (χ2v) is 9.34. The quantitative estimate of drug-likeness (QED) is 0.646. The van der Waals surface area contributed by atoms with Crippen molar-refractivity contribution in [2.24, 2.45) is 0 Å². The fourth-order valence-electron chi connectivity index (χ4n) is 2.00. The van der Waals surface area contributed by atoms with Crippen LogP contribution in [0, 0.1) is 2.88 Å². The summed E-state index contributed by atoms with van der Waals surface area (Å²) in [6.07, 6.45) is 1.69. The van der Waals surface area contributed by atoms with Crippen LogP contribution in [0.4, 0.5) is 0 Å². The maximum Gasteiger partial charge on any atom is 0.250 e.